The van der Waals surface area contributed by atoms with Crippen molar-refractivity contribution in [3.8, 4) is 0 Å². The predicted molar refractivity (Wildman–Crippen MR) is 68.8 cm³/mol. The van der Waals surface area contributed by atoms with Gasteiger partial charge < -0.3 is 14.8 Å². The number of piperazine rings is 1. The summed E-state index contributed by atoms with van der Waals surface area (Å²) in [5.74, 6) is -0.0167. The lowest BCUT2D eigenvalue weighted by Crippen LogP contribution is -2.52. The summed E-state index contributed by atoms with van der Waals surface area (Å²) in [7, 11) is 1.80. The number of aromatic nitrogens is 1. The summed E-state index contributed by atoms with van der Waals surface area (Å²) in [6.07, 6.45) is 1.71. The van der Waals surface area contributed by atoms with Gasteiger partial charge in [0.05, 0.1) is 0 Å². The SMILES string of the molecule is CC(=O)c1cc(C(=O)N2CCNC[C@@H]2C)n(C)c1. The highest BCUT2D eigenvalue weighted by molar-refractivity contribution is 5.99. The van der Waals surface area contributed by atoms with Gasteiger partial charge in [0.2, 0.25) is 0 Å². The zero-order valence-electron chi connectivity index (χ0n) is 11.1. The van der Waals surface area contributed by atoms with Crippen LogP contribution in [0.1, 0.15) is 34.7 Å². The Morgan fingerprint density at radius 1 is 1.44 bits per heavy atom. The summed E-state index contributed by atoms with van der Waals surface area (Å²) >= 11 is 0. The van der Waals surface area contributed by atoms with Gasteiger partial charge >= 0.3 is 0 Å². The molecule has 2 rings (SSSR count). The van der Waals surface area contributed by atoms with Crippen LogP contribution in [0.5, 0.6) is 0 Å². The number of Topliss-reactive ketones (excluding diaryl/α,β-unsaturated/α-hetero) is 1. The molecule has 0 spiro atoms. The van der Waals surface area contributed by atoms with E-state index < -0.39 is 0 Å². The number of nitrogens with one attached hydrogen (secondary N) is 1. The van der Waals surface area contributed by atoms with Crippen LogP contribution >= 0.6 is 0 Å². The second-order valence-electron chi connectivity index (χ2n) is 4.83. The first-order valence-corrected chi connectivity index (χ1v) is 6.19. The Hall–Kier alpha value is -1.62. The van der Waals surface area contributed by atoms with E-state index in [2.05, 4.69) is 5.32 Å². The molecular weight excluding hydrogens is 230 g/mol. The summed E-state index contributed by atoms with van der Waals surface area (Å²) in [5, 5.41) is 3.25. The molecular formula is C13H19N3O2. The van der Waals surface area contributed by atoms with Gasteiger partial charge in [-0.15, -0.1) is 0 Å². The Kier molecular flexibility index (Phi) is 3.52. The Bertz CT molecular complexity index is 479. The molecule has 1 aromatic heterocycles. The third-order valence-electron chi connectivity index (χ3n) is 3.39. The topological polar surface area (TPSA) is 54.3 Å². The zero-order chi connectivity index (χ0) is 13.3. The van der Waals surface area contributed by atoms with Crippen LogP contribution in [0.25, 0.3) is 0 Å². The molecule has 1 aromatic rings. The van der Waals surface area contributed by atoms with Crippen LogP contribution in [0.2, 0.25) is 0 Å². The molecule has 1 fully saturated rings. The maximum atomic E-state index is 12.4. The van der Waals surface area contributed by atoms with Crippen molar-refractivity contribution in [2.24, 2.45) is 7.05 Å². The maximum absolute atomic E-state index is 12.4. The van der Waals surface area contributed by atoms with E-state index in [-0.39, 0.29) is 17.7 Å². The predicted octanol–water partition coefficient (Wildman–Crippen LogP) is 0.662. The average molecular weight is 249 g/mol. The quantitative estimate of drug-likeness (QED) is 0.783. The van der Waals surface area contributed by atoms with Crippen molar-refractivity contribution >= 4 is 11.7 Å². The van der Waals surface area contributed by atoms with E-state index >= 15 is 0 Å². The van der Waals surface area contributed by atoms with Crippen LogP contribution in [0, 0.1) is 0 Å². The Morgan fingerprint density at radius 2 is 2.17 bits per heavy atom. The number of ketones is 1. The molecule has 1 amide bonds. The van der Waals surface area contributed by atoms with E-state index in [1.54, 1.807) is 23.9 Å². The molecule has 0 aliphatic carbocycles. The molecule has 0 bridgehead atoms. The van der Waals surface area contributed by atoms with Gasteiger partial charge in [0.25, 0.3) is 5.91 Å². The molecule has 2 heterocycles. The summed E-state index contributed by atoms with van der Waals surface area (Å²) in [5.41, 5.74) is 1.16. The van der Waals surface area contributed by atoms with Crippen molar-refractivity contribution in [2.75, 3.05) is 19.6 Å². The number of aryl methyl sites for hydroxylation is 1. The second kappa shape index (κ2) is 4.94. The van der Waals surface area contributed by atoms with Crippen molar-refractivity contribution in [3.05, 3.63) is 23.5 Å². The van der Waals surface area contributed by atoms with Gasteiger partial charge in [0.15, 0.2) is 5.78 Å². The summed E-state index contributed by atoms with van der Waals surface area (Å²) in [4.78, 5) is 25.6. The van der Waals surface area contributed by atoms with Gasteiger partial charge in [-0.2, -0.15) is 0 Å². The van der Waals surface area contributed by atoms with Gasteiger partial charge in [-0.3, -0.25) is 9.59 Å². The standard InChI is InChI=1S/C13H19N3O2/c1-9-7-14-4-5-16(9)13(18)12-6-11(10(2)17)8-15(12)3/h6,8-9,14H,4-5,7H2,1-3H3/t9-/m0/s1. The molecule has 1 aliphatic heterocycles. The second-order valence-corrected chi connectivity index (χ2v) is 4.83. The van der Waals surface area contributed by atoms with Gasteiger partial charge in [-0.05, 0) is 19.9 Å². The van der Waals surface area contributed by atoms with Crippen molar-refractivity contribution < 1.29 is 9.59 Å². The molecule has 18 heavy (non-hydrogen) atoms. The number of nitrogens with zero attached hydrogens (tertiary/aromatic N) is 2. The normalized spacial score (nSPS) is 19.9. The van der Waals surface area contributed by atoms with Crippen molar-refractivity contribution in [2.45, 2.75) is 19.9 Å². The molecule has 1 aliphatic rings. The number of carbonyl (C=O) groups excluding carboxylic acids is 2. The molecule has 0 saturated carbocycles. The number of rotatable bonds is 2. The van der Waals surface area contributed by atoms with E-state index in [1.165, 1.54) is 6.92 Å². The number of carbonyl (C=O) groups is 2. The third kappa shape index (κ3) is 2.31. The fraction of sp³-hybridized carbons (Fsp3) is 0.538. The van der Waals surface area contributed by atoms with Crippen LogP contribution in [0.4, 0.5) is 0 Å². The Balaban J connectivity index is 2.25. The van der Waals surface area contributed by atoms with E-state index in [0.717, 1.165) is 13.1 Å². The fourth-order valence-electron chi connectivity index (χ4n) is 2.26. The van der Waals surface area contributed by atoms with Gasteiger partial charge in [0, 0.05) is 44.5 Å². The van der Waals surface area contributed by atoms with Crippen LogP contribution < -0.4 is 5.32 Å². The molecule has 0 unspecified atom stereocenters. The lowest BCUT2D eigenvalue weighted by atomic mass is 10.2. The van der Waals surface area contributed by atoms with Gasteiger partial charge in [0.1, 0.15) is 5.69 Å². The first kappa shape index (κ1) is 12.8. The number of amides is 1. The van der Waals surface area contributed by atoms with Crippen molar-refractivity contribution in [1.82, 2.24) is 14.8 Å². The Morgan fingerprint density at radius 3 is 2.72 bits per heavy atom. The number of hydrogen-bond donors (Lipinski definition) is 1. The molecule has 0 radical (unpaired) electrons. The lowest BCUT2D eigenvalue weighted by molar-refractivity contribution is 0.0646. The smallest absolute Gasteiger partial charge is 0.270 e. The molecule has 1 atom stereocenters. The molecule has 1 N–H and O–H groups in total. The minimum absolute atomic E-state index is 0.000926. The van der Waals surface area contributed by atoms with Crippen LogP contribution in [-0.4, -0.2) is 46.8 Å². The molecule has 0 aromatic carbocycles. The first-order valence-electron chi connectivity index (χ1n) is 6.19. The monoisotopic (exact) mass is 249 g/mol. The minimum Gasteiger partial charge on any atom is -0.346 e. The third-order valence-corrected chi connectivity index (χ3v) is 3.39. The van der Waals surface area contributed by atoms with Crippen LogP contribution in [0.15, 0.2) is 12.3 Å². The average Bonchev–Trinajstić information content (AvgIpc) is 2.71. The zero-order valence-corrected chi connectivity index (χ0v) is 11.1. The summed E-state index contributed by atoms with van der Waals surface area (Å²) < 4.78 is 1.73. The van der Waals surface area contributed by atoms with E-state index in [9.17, 15) is 9.59 Å². The van der Waals surface area contributed by atoms with E-state index in [0.29, 0.717) is 17.8 Å². The highest BCUT2D eigenvalue weighted by Crippen LogP contribution is 2.13. The van der Waals surface area contributed by atoms with Crippen molar-refractivity contribution in [1.29, 1.82) is 0 Å². The highest BCUT2D eigenvalue weighted by atomic mass is 16.2. The highest BCUT2D eigenvalue weighted by Gasteiger charge is 2.26. The molecule has 98 valence electrons. The molecule has 5 heteroatoms. The Labute approximate surface area is 107 Å². The molecule has 1 saturated heterocycles. The first-order chi connectivity index (χ1) is 8.50. The maximum Gasteiger partial charge on any atom is 0.270 e. The van der Waals surface area contributed by atoms with E-state index in [4.69, 9.17) is 0 Å². The largest absolute Gasteiger partial charge is 0.346 e. The fourth-order valence-corrected chi connectivity index (χ4v) is 2.26. The minimum atomic E-state index is -0.0157. The number of hydrogen-bond acceptors (Lipinski definition) is 3. The molecule has 5 nitrogen and oxygen atoms in total. The van der Waals surface area contributed by atoms with Gasteiger partial charge in [-0.25, -0.2) is 0 Å². The summed E-state index contributed by atoms with van der Waals surface area (Å²) in [6.45, 7) is 5.88. The van der Waals surface area contributed by atoms with E-state index in [1.807, 2.05) is 11.8 Å². The van der Waals surface area contributed by atoms with Crippen molar-refractivity contribution in [3.63, 3.8) is 0 Å². The van der Waals surface area contributed by atoms with Gasteiger partial charge in [-0.1, -0.05) is 0 Å². The lowest BCUT2D eigenvalue weighted by Gasteiger charge is -2.34. The summed E-state index contributed by atoms with van der Waals surface area (Å²) in [6, 6.07) is 1.86. The van der Waals surface area contributed by atoms with Crippen LogP contribution in [-0.2, 0) is 7.05 Å². The van der Waals surface area contributed by atoms with Crippen LogP contribution in [0.3, 0.4) is 0 Å².